The van der Waals surface area contributed by atoms with E-state index in [2.05, 4.69) is 17.6 Å². The second-order valence-electron chi connectivity index (χ2n) is 1.04. The Kier molecular flexibility index (Phi) is 3.69. The first kappa shape index (κ1) is 6.69. The summed E-state index contributed by atoms with van der Waals surface area (Å²) in [4.78, 5) is 13.6. The summed E-state index contributed by atoms with van der Waals surface area (Å²) in [6, 6.07) is 0. The monoisotopic (exact) mass is 117 g/mol. The van der Waals surface area contributed by atoms with E-state index >= 15 is 0 Å². The van der Waals surface area contributed by atoms with Gasteiger partial charge in [0.05, 0.1) is 6.42 Å². The first-order valence-corrected chi connectivity index (χ1v) is 2.34. The number of aliphatic imine (C=N–C) groups is 1. The molecular weight excluding hydrogens is 110 g/mol. The van der Waals surface area contributed by atoms with Crippen LogP contribution in [0, 0.1) is 0 Å². The Hall–Kier alpha value is -0.310. The van der Waals surface area contributed by atoms with Crippen LogP contribution in [0.15, 0.2) is 4.99 Å². The van der Waals surface area contributed by atoms with Crippen LogP contribution in [0.3, 0.4) is 0 Å². The molecule has 0 rings (SSSR count). The first-order valence-electron chi connectivity index (χ1n) is 1.89. The van der Waals surface area contributed by atoms with Gasteiger partial charge in [-0.3, -0.25) is 4.79 Å². The summed E-state index contributed by atoms with van der Waals surface area (Å²) in [7, 11) is 1.62. The molecule has 0 N–H and O–H groups in total. The molecule has 0 aromatic heterocycles. The standard InChI is InChI=1S/C4H7NOS/c1-5-3-2-4(6)7/h3H,2H2,1H3,(H,6,7)/b5-3+. The molecule has 40 valence electrons. The molecule has 0 aromatic carbocycles. The number of hydrogen-bond donors (Lipinski definition) is 1. The summed E-state index contributed by atoms with van der Waals surface area (Å²) in [5.41, 5.74) is 0. The highest BCUT2D eigenvalue weighted by Gasteiger charge is 1.84. The van der Waals surface area contributed by atoms with Crippen molar-refractivity contribution in [2.45, 2.75) is 6.42 Å². The average molecular weight is 117 g/mol. The Morgan fingerprint density at radius 3 is 2.71 bits per heavy atom. The molecule has 7 heavy (non-hydrogen) atoms. The van der Waals surface area contributed by atoms with Crippen molar-refractivity contribution in [1.29, 1.82) is 0 Å². The Labute approximate surface area is 48.0 Å². The summed E-state index contributed by atoms with van der Waals surface area (Å²) in [6.07, 6.45) is 1.86. The molecule has 0 fully saturated rings. The fourth-order valence-electron chi connectivity index (χ4n) is 0.169. The molecule has 0 aromatic rings. The van der Waals surface area contributed by atoms with Crippen molar-refractivity contribution in [3.8, 4) is 0 Å². The molecule has 0 atom stereocenters. The molecule has 0 spiro atoms. The van der Waals surface area contributed by atoms with E-state index < -0.39 is 0 Å². The lowest BCUT2D eigenvalue weighted by Gasteiger charge is -1.76. The van der Waals surface area contributed by atoms with Crippen molar-refractivity contribution in [2.75, 3.05) is 7.05 Å². The van der Waals surface area contributed by atoms with Crippen LogP contribution in [0.2, 0.25) is 0 Å². The number of carbonyl (C=O) groups excluding carboxylic acids is 1. The SMILES string of the molecule is C/N=C/CC(=O)S. The third kappa shape index (κ3) is 5.69. The maximum atomic E-state index is 9.98. The van der Waals surface area contributed by atoms with Gasteiger partial charge in [-0.25, -0.2) is 0 Å². The first-order chi connectivity index (χ1) is 3.27. The molecule has 0 aliphatic carbocycles. The average Bonchev–Trinajstić information content (AvgIpc) is 1.61. The highest BCUT2D eigenvalue weighted by molar-refractivity contribution is 7.96. The Bertz CT molecular complexity index is 89.7. The molecule has 0 bridgehead atoms. The molecule has 2 nitrogen and oxygen atoms in total. The number of nitrogens with zero attached hydrogens (tertiary/aromatic N) is 1. The van der Waals surface area contributed by atoms with Gasteiger partial charge >= 0.3 is 0 Å². The van der Waals surface area contributed by atoms with Crippen LogP contribution in [0.5, 0.6) is 0 Å². The lowest BCUT2D eigenvalue weighted by Crippen LogP contribution is -1.84. The van der Waals surface area contributed by atoms with Gasteiger partial charge in [-0.2, -0.15) is 0 Å². The van der Waals surface area contributed by atoms with Gasteiger partial charge in [-0.15, -0.1) is 12.6 Å². The minimum absolute atomic E-state index is 0.148. The predicted molar refractivity (Wildman–Crippen MR) is 33.0 cm³/mol. The third-order valence-electron chi connectivity index (χ3n) is 0.448. The number of thiol groups is 1. The van der Waals surface area contributed by atoms with E-state index in [0.29, 0.717) is 6.42 Å². The minimum Gasteiger partial charge on any atom is -0.300 e. The van der Waals surface area contributed by atoms with Crippen LogP contribution in [0.1, 0.15) is 6.42 Å². The lowest BCUT2D eigenvalue weighted by atomic mass is 10.5. The van der Waals surface area contributed by atoms with E-state index in [9.17, 15) is 4.79 Å². The van der Waals surface area contributed by atoms with Crippen LogP contribution in [-0.2, 0) is 4.79 Å². The van der Waals surface area contributed by atoms with E-state index in [0.717, 1.165) is 0 Å². The van der Waals surface area contributed by atoms with Crippen LogP contribution >= 0.6 is 12.6 Å². The summed E-state index contributed by atoms with van der Waals surface area (Å²) in [5.74, 6) is 0. The van der Waals surface area contributed by atoms with Crippen molar-refractivity contribution in [3.05, 3.63) is 0 Å². The number of rotatable bonds is 2. The van der Waals surface area contributed by atoms with E-state index in [-0.39, 0.29) is 5.12 Å². The third-order valence-corrected chi connectivity index (χ3v) is 0.631. The maximum Gasteiger partial charge on any atom is 0.191 e. The molecule has 0 aliphatic heterocycles. The largest absolute Gasteiger partial charge is 0.300 e. The zero-order valence-corrected chi connectivity index (χ0v) is 4.98. The van der Waals surface area contributed by atoms with E-state index in [1.807, 2.05) is 0 Å². The maximum absolute atomic E-state index is 9.98. The second-order valence-corrected chi connectivity index (χ2v) is 1.54. The van der Waals surface area contributed by atoms with Crippen LogP contribution < -0.4 is 0 Å². The summed E-state index contributed by atoms with van der Waals surface area (Å²) >= 11 is 3.50. The zero-order chi connectivity index (χ0) is 5.70. The van der Waals surface area contributed by atoms with Crippen molar-refractivity contribution in [2.24, 2.45) is 4.99 Å². The fraction of sp³-hybridized carbons (Fsp3) is 0.500. The van der Waals surface area contributed by atoms with Gasteiger partial charge < -0.3 is 4.99 Å². The Morgan fingerprint density at radius 1 is 2.00 bits per heavy atom. The quantitative estimate of drug-likeness (QED) is 0.415. The highest BCUT2D eigenvalue weighted by Crippen LogP contribution is 1.80. The fourth-order valence-corrected chi connectivity index (χ4v) is 0.251. The van der Waals surface area contributed by atoms with Crippen LogP contribution in [-0.4, -0.2) is 18.4 Å². The van der Waals surface area contributed by atoms with Gasteiger partial charge in [-0.1, -0.05) is 0 Å². The van der Waals surface area contributed by atoms with Gasteiger partial charge in [0.25, 0.3) is 0 Å². The molecule has 0 aliphatic rings. The molecule has 0 unspecified atom stereocenters. The van der Waals surface area contributed by atoms with E-state index in [1.54, 1.807) is 7.05 Å². The summed E-state index contributed by atoms with van der Waals surface area (Å²) < 4.78 is 0. The number of carbonyl (C=O) groups is 1. The Morgan fingerprint density at radius 2 is 2.57 bits per heavy atom. The van der Waals surface area contributed by atoms with Crippen molar-refractivity contribution in [3.63, 3.8) is 0 Å². The topological polar surface area (TPSA) is 29.4 Å². The molecule has 0 heterocycles. The number of hydrogen-bond acceptors (Lipinski definition) is 2. The lowest BCUT2D eigenvalue weighted by molar-refractivity contribution is -0.109. The van der Waals surface area contributed by atoms with Crippen molar-refractivity contribution in [1.82, 2.24) is 0 Å². The van der Waals surface area contributed by atoms with E-state index in [4.69, 9.17) is 0 Å². The highest BCUT2D eigenvalue weighted by atomic mass is 32.1. The molecule has 0 saturated heterocycles. The minimum atomic E-state index is -0.148. The normalized spacial score (nSPS) is 10.0. The molecule has 3 heteroatoms. The molecule has 0 saturated carbocycles. The van der Waals surface area contributed by atoms with E-state index in [1.165, 1.54) is 6.21 Å². The zero-order valence-electron chi connectivity index (χ0n) is 4.09. The van der Waals surface area contributed by atoms with Gasteiger partial charge in [0.1, 0.15) is 0 Å². The van der Waals surface area contributed by atoms with Gasteiger partial charge in [0.15, 0.2) is 5.12 Å². The van der Waals surface area contributed by atoms with Crippen LogP contribution in [0.4, 0.5) is 0 Å². The second kappa shape index (κ2) is 3.87. The molecular formula is C4H7NOS. The Balaban J connectivity index is 3.14. The van der Waals surface area contributed by atoms with Gasteiger partial charge in [0.2, 0.25) is 0 Å². The van der Waals surface area contributed by atoms with Gasteiger partial charge in [-0.05, 0) is 0 Å². The predicted octanol–water partition coefficient (Wildman–Crippen LogP) is 0.534. The molecule has 0 amide bonds. The molecule has 0 radical (unpaired) electrons. The summed E-state index contributed by atoms with van der Waals surface area (Å²) in [5, 5.41) is -0.148. The van der Waals surface area contributed by atoms with Crippen molar-refractivity contribution < 1.29 is 4.79 Å². The summed E-state index contributed by atoms with van der Waals surface area (Å²) in [6.45, 7) is 0. The smallest absolute Gasteiger partial charge is 0.191 e. The van der Waals surface area contributed by atoms with Gasteiger partial charge in [0, 0.05) is 13.3 Å². The van der Waals surface area contributed by atoms with Crippen molar-refractivity contribution >= 4 is 24.0 Å². The van der Waals surface area contributed by atoms with Crippen LogP contribution in [0.25, 0.3) is 0 Å².